The van der Waals surface area contributed by atoms with Gasteiger partial charge in [-0.1, -0.05) is 30.3 Å². The third kappa shape index (κ3) is 2.73. The molecule has 25 heavy (non-hydrogen) atoms. The third-order valence-corrected chi connectivity index (χ3v) is 4.37. The van der Waals surface area contributed by atoms with Crippen molar-refractivity contribution in [1.29, 1.82) is 0 Å². The number of esters is 2. The van der Waals surface area contributed by atoms with E-state index in [2.05, 4.69) is 0 Å². The molecule has 0 saturated carbocycles. The van der Waals surface area contributed by atoms with Gasteiger partial charge in [0.1, 0.15) is 11.5 Å². The number of cyclic esters (lactones) is 1. The van der Waals surface area contributed by atoms with Crippen LogP contribution in [0.15, 0.2) is 54.6 Å². The summed E-state index contributed by atoms with van der Waals surface area (Å²) in [6.07, 6.45) is -1.08. The van der Waals surface area contributed by atoms with Gasteiger partial charge in [-0.3, -0.25) is 19.7 Å². The maximum Gasteiger partial charge on any atom is 0.321 e. The molecule has 0 spiro atoms. The van der Waals surface area contributed by atoms with Crippen LogP contribution in [0.5, 0.6) is 0 Å². The van der Waals surface area contributed by atoms with Crippen molar-refractivity contribution in [2.45, 2.75) is 17.9 Å². The summed E-state index contributed by atoms with van der Waals surface area (Å²) in [5.41, 5.74) is -0.332. The molecule has 0 aliphatic carbocycles. The van der Waals surface area contributed by atoms with E-state index in [1.165, 1.54) is 31.4 Å². The first-order valence-corrected chi connectivity index (χ1v) is 7.57. The topological polar surface area (TPSA) is 95.7 Å². The number of benzene rings is 2. The molecule has 1 saturated heterocycles. The maximum atomic E-state index is 12.7. The minimum absolute atomic E-state index is 0.0866. The van der Waals surface area contributed by atoms with Gasteiger partial charge < -0.3 is 9.47 Å². The SMILES string of the molecule is COC(=O)[C@]1(c2ccccc2)CC(=O)O[C@H]1c1ccc([N+](=O)[O-])cc1. The number of non-ortho nitro benzene ring substituents is 1. The molecule has 0 N–H and O–H groups in total. The second-order valence-corrected chi connectivity index (χ2v) is 5.72. The molecule has 128 valence electrons. The van der Waals surface area contributed by atoms with Gasteiger partial charge in [0.2, 0.25) is 0 Å². The largest absolute Gasteiger partial charge is 0.468 e. The summed E-state index contributed by atoms with van der Waals surface area (Å²) in [5, 5.41) is 10.8. The minimum Gasteiger partial charge on any atom is -0.468 e. The van der Waals surface area contributed by atoms with Gasteiger partial charge in [0.15, 0.2) is 0 Å². The molecule has 2 aromatic carbocycles. The Morgan fingerprint density at radius 2 is 1.84 bits per heavy atom. The van der Waals surface area contributed by atoms with E-state index in [0.29, 0.717) is 11.1 Å². The average molecular weight is 341 g/mol. The van der Waals surface area contributed by atoms with Gasteiger partial charge in [0.25, 0.3) is 5.69 Å². The number of ether oxygens (including phenoxy) is 2. The molecule has 0 unspecified atom stereocenters. The summed E-state index contributed by atoms with van der Waals surface area (Å²) in [6.45, 7) is 0. The van der Waals surface area contributed by atoms with E-state index in [1.54, 1.807) is 30.3 Å². The van der Waals surface area contributed by atoms with Gasteiger partial charge in [-0.25, -0.2) is 0 Å². The molecule has 3 rings (SSSR count). The normalized spacial score (nSPS) is 22.3. The Balaban J connectivity index is 2.13. The molecule has 1 aliphatic heterocycles. The molecule has 7 nitrogen and oxygen atoms in total. The Morgan fingerprint density at radius 3 is 2.40 bits per heavy atom. The number of carbonyl (C=O) groups is 2. The molecule has 1 aliphatic rings. The first-order valence-electron chi connectivity index (χ1n) is 7.57. The molecule has 2 aromatic rings. The number of nitrogens with zero attached hydrogens (tertiary/aromatic N) is 1. The lowest BCUT2D eigenvalue weighted by Crippen LogP contribution is -2.39. The first-order chi connectivity index (χ1) is 12.0. The zero-order valence-corrected chi connectivity index (χ0v) is 13.4. The molecule has 7 heteroatoms. The number of nitro groups is 1. The molecule has 0 aromatic heterocycles. The number of nitro benzene ring substituents is 1. The van der Waals surface area contributed by atoms with Crippen molar-refractivity contribution >= 4 is 17.6 Å². The van der Waals surface area contributed by atoms with Crippen LogP contribution >= 0.6 is 0 Å². The van der Waals surface area contributed by atoms with Gasteiger partial charge in [-0.15, -0.1) is 0 Å². The van der Waals surface area contributed by atoms with Crippen LogP contribution in [0.1, 0.15) is 23.7 Å². The first kappa shape index (κ1) is 16.6. The van der Waals surface area contributed by atoms with Gasteiger partial charge in [-0.05, 0) is 23.3 Å². The predicted octanol–water partition coefficient (Wildman–Crippen LogP) is 2.69. The van der Waals surface area contributed by atoms with Crippen LogP contribution in [-0.2, 0) is 24.5 Å². The van der Waals surface area contributed by atoms with Crippen LogP contribution in [0.3, 0.4) is 0 Å². The molecular formula is C18H15NO6. The Labute approximate surface area is 143 Å². The Kier molecular flexibility index (Phi) is 4.22. The molecular weight excluding hydrogens is 326 g/mol. The zero-order chi connectivity index (χ0) is 18.0. The fourth-order valence-electron chi connectivity index (χ4n) is 3.19. The van der Waals surface area contributed by atoms with Crippen molar-refractivity contribution in [3.05, 3.63) is 75.8 Å². The predicted molar refractivity (Wildman–Crippen MR) is 86.7 cm³/mol. The summed E-state index contributed by atoms with van der Waals surface area (Å²) in [4.78, 5) is 35.1. The number of rotatable bonds is 4. The second-order valence-electron chi connectivity index (χ2n) is 5.72. The fourth-order valence-corrected chi connectivity index (χ4v) is 3.19. The van der Waals surface area contributed by atoms with Crippen LogP contribution in [0, 0.1) is 10.1 Å². The van der Waals surface area contributed by atoms with E-state index < -0.39 is 28.4 Å². The summed E-state index contributed by atoms with van der Waals surface area (Å²) in [6, 6.07) is 14.4. The van der Waals surface area contributed by atoms with Crippen molar-refractivity contribution in [2.24, 2.45) is 0 Å². The van der Waals surface area contributed by atoms with Gasteiger partial charge in [0, 0.05) is 12.1 Å². The van der Waals surface area contributed by atoms with E-state index in [4.69, 9.17) is 9.47 Å². The molecule has 2 atom stereocenters. The van der Waals surface area contributed by atoms with Crippen molar-refractivity contribution in [3.63, 3.8) is 0 Å². The molecule has 1 fully saturated rings. The Hall–Kier alpha value is -3.22. The number of carbonyl (C=O) groups excluding carboxylic acids is 2. The highest BCUT2D eigenvalue weighted by molar-refractivity contribution is 5.92. The van der Waals surface area contributed by atoms with E-state index in [9.17, 15) is 19.7 Å². The second kappa shape index (κ2) is 6.35. The Morgan fingerprint density at radius 1 is 1.20 bits per heavy atom. The average Bonchev–Trinajstić information content (AvgIpc) is 3.00. The number of hydrogen-bond acceptors (Lipinski definition) is 6. The smallest absolute Gasteiger partial charge is 0.321 e. The highest BCUT2D eigenvalue weighted by atomic mass is 16.6. The van der Waals surface area contributed by atoms with Crippen LogP contribution < -0.4 is 0 Å². The number of methoxy groups -OCH3 is 1. The molecule has 1 heterocycles. The standard InChI is InChI=1S/C18H15NO6/c1-24-17(21)18(13-5-3-2-4-6-13)11-15(20)25-16(18)12-7-9-14(10-8-12)19(22)23/h2-10,16H,11H2,1H3/t16-,18-/m0/s1. The lowest BCUT2D eigenvalue weighted by atomic mass is 9.72. The number of hydrogen-bond donors (Lipinski definition) is 0. The molecule has 0 radical (unpaired) electrons. The fraction of sp³-hybridized carbons (Fsp3) is 0.222. The monoisotopic (exact) mass is 341 g/mol. The highest BCUT2D eigenvalue weighted by Crippen LogP contribution is 2.49. The van der Waals surface area contributed by atoms with Gasteiger partial charge >= 0.3 is 11.9 Å². The molecule has 0 amide bonds. The van der Waals surface area contributed by atoms with Crippen molar-refractivity contribution < 1.29 is 24.0 Å². The molecule has 0 bridgehead atoms. The van der Waals surface area contributed by atoms with E-state index in [1.807, 2.05) is 0 Å². The van der Waals surface area contributed by atoms with Crippen LogP contribution in [0.2, 0.25) is 0 Å². The van der Waals surface area contributed by atoms with Crippen LogP contribution in [-0.4, -0.2) is 24.0 Å². The van der Waals surface area contributed by atoms with E-state index >= 15 is 0 Å². The minimum atomic E-state index is -1.33. The maximum absolute atomic E-state index is 12.7. The summed E-state index contributed by atoms with van der Waals surface area (Å²) >= 11 is 0. The van der Waals surface area contributed by atoms with E-state index in [-0.39, 0.29) is 12.1 Å². The summed E-state index contributed by atoms with van der Waals surface area (Å²) in [5.74, 6) is -1.12. The highest BCUT2D eigenvalue weighted by Gasteiger charge is 2.57. The van der Waals surface area contributed by atoms with Crippen LogP contribution in [0.4, 0.5) is 5.69 Å². The zero-order valence-electron chi connectivity index (χ0n) is 13.4. The van der Waals surface area contributed by atoms with Gasteiger partial charge in [0.05, 0.1) is 18.5 Å². The third-order valence-electron chi connectivity index (χ3n) is 4.37. The van der Waals surface area contributed by atoms with Crippen molar-refractivity contribution in [3.8, 4) is 0 Å². The Bertz CT molecular complexity index is 817. The van der Waals surface area contributed by atoms with Crippen molar-refractivity contribution in [1.82, 2.24) is 0 Å². The van der Waals surface area contributed by atoms with Gasteiger partial charge in [-0.2, -0.15) is 0 Å². The summed E-state index contributed by atoms with van der Waals surface area (Å²) < 4.78 is 10.4. The summed E-state index contributed by atoms with van der Waals surface area (Å²) in [7, 11) is 1.25. The lowest BCUT2D eigenvalue weighted by molar-refractivity contribution is -0.384. The van der Waals surface area contributed by atoms with Crippen molar-refractivity contribution in [2.75, 3.05) is 7.11 Å². The van der Waals surface area contributed by atoms with Crippen LogP contribution in [0.25, 0.3) is 0 Å². The quantitative estimate of drug-likeness (QED) is 0.482. The lowest BCUT2D eigenvalue weighted by Gasteiger charge is -2.30. The van der Waals surface area contributed by atoms with E-state index in [0.717, 1.165) is 0 Å².